The van der Waals surface area contributed by atoms with Gasteiger partial charge in [-0.1, -0.05) is 0 Å². The molecule has 0 aliphatic heterocycles. The minimum atomic E-state index is -0.261. The predicted molar refractivity (Wildman–Crippen MR) is 126 cm³/mol. The van der Waals surface area contributed by atoms with Crippen LogP contribution in [0.2, 0.25) is 0 Å². The van der Waals surface area contributed by atoms with Crippen LogP contribution in [0, 0.1) is 26.6 Å². The molecule has 0 fully saturated rings. The molecule has 0 bridgehead atoms. The summed E-state index contributed by atoms with van der Waals surface area (Å²) >= 11 is 0. The molecule has 0 radical (unpaired) electrons. The average Bonchev–Trinajstić information content (AvgIpc) is 3.09. The Bertz CT molecular complexity index is 1020. The van der Waals surface area contributed by atoms with Gasteiger partial charge in [0.05, 0.1) is 12.2 Å². The number of fused-ring (bicyclic) bond motifs is 1. The molecule has 8 heteroatoms. The molecule has 29 heavy (non-hydrogen) atoms. The summed E-state index contributed by atoms with van der Waals surface area (Å²) in [4.78, 5) is 4.30. The fraction of sp³-hybridized carbons (Fsp3) is 0.429. The molecule has 0 aliphatic carbocycles. The molecular formula is C21H29FIN5O. The summed E-state index contributed by atoms with van der Waals surface area (Å²) in [6.07, 6.45) is 0.856. The summed E-state index contributed by atoms with van der Waals surface area (Å²) in [7, 11) is 3.70. The van der Waals surface area contributed by atoms with Crippen molar-refractivity contribution < 1.29 is 8.81 Å². The maximum absolute atomic E-state index is 13.5. The van der Waals surface area contributed by atoms with E-state index >= 15 is 0 Å². The van der Waals surface area contributed by atoms with Crippen molar-refractivity contribution in [2.45, 2.75) is 46.7 Å². The first-order valence-corrected chi connectivity index (χ1v) is 9.44. The van der Waals surface area contributed by atoms with Crippen molar-refractivity contribution in [1.82, 2.24) is 20.4 Å². The van der Waals surface area contributed by atoms with Crippen molar-refractivity contribution in [3.63, 3.8) is 0 Å². The van der Waals surface area contributed by atoms with Crippen molar-refractivity contribution in [2.75, 3.05) is 7.05 Å². The first-order valence-electron chi connectivity index (χ1n) is 9.44. The number of benzene rings is 1. The van der Waals surface area contributed by atoms with Gasteiger partial charge in [-0.25, -0.2) is 4.39 Å². The van der Waals surface area contributed by atoms with Crippen LogP contribution in [0.4, 0.5) is 4.39 Å². The zero-order valence-corrected chi connectivity index (χ0v) is 20.1. The molecule has 158 valence electrons. The maximum Gasteiger partial charge on any atom is 0.191 e. The Balaban J connectivity index is 0.00000300. The van der Waals surface area contributed by atoms with Crippen LogP contribution in [0.3, 0.4) is 0 Å². The summed E-state index contributed by atoms with van der Waals surface area (Å²) in [6.45, 7) is 8.65. The van der Waals surface area contributed by atoms with Crippen LogP contribution in [-0.2, 0) is 20.0 Å². The Morgan fingerprint density at radius 2 is 2.03 bits per heavy atom. The second kappa shape index (κ2) is 9.60. The van der Waals surface area contributed by atoms with Crippen molar-refractivity contribution >= 4 is 40.9 Å². The first kappa shape index (κ1) is 23.2. The van der Waals surface area contributed by atoms with Crippen LogP contribution in [0.1, 0.15) is 35.2 Å². The second-order valence-electron chi connectivity index (χ2n) is 7.24. The van der Waals surface area contributed by atoms with Gasteiger partial charge in [-0.05, 0) is 57.9 Å². The van der Waals surface area contributed by atoms with Gasteiger partial charge in [0.25, 0.3) is 0 Å². The summed E-state index contributed by atoms with van der Waals surface area (Å²) in [5, 5.41) is 12.0. The molecule has 1 unspecified atom stereocenters. The van der Waals surface area contributed by atoms with Gasteiger partial charge < -0.3 is 15.1 Å². The molecular weight excluding hydrogens is 484 g/mol. The highest BCUT2D eigenvalue weighted by Gasteiger charge is 2.15. The van der Waals surface area contributed by atoms with E-state index in [9.17, 15) is 4.39 Å². The largest absolute Gasteiger partial charge is 0.459 e. The van der Waals surface area contributed by atoms with Gasteiger partial charge in [0.15, 0.2) is 5.96 Å². The molecule has 1 aromatic carbocycles. The summed E-state index contributed by atoms with van der Waals surface area (Å²) in [5.74, 6) is 1.20. The van der Waals surface area contributed by atoms with E-state index in [0.717, 1.165) is 28.8 Å². The fourth-order valence-corrected chi connectivity index (χ4v) is 3.47. The SMILES string of the molecule is CN=C(NCc1oc2ccc(F)cc2c1C)NC(C)Cc1c(C)nn(C)c1C.I. The monoisotopic (exact) mass is 513 g/mol. The molecule has 2 heterocycles. The van der Waals surface area contributed by atoms with Crippen LogP contribution < -0.4 is 10.6 Å². The molecule has 0 amide bonds. The predicted octanol–water partition coefficient (Wildman–Crippen LogP) is 4.14. The number of nitrogens with one attached hydrogen (secondary N) is 2. The minimum Gasteiger partial charge on any atom is -0.459 e. The van der Waals surface area contributed by atoms with E-state index in [1.165, 1.54) is 23.4 Å². The Labute approximate surface area is 188 Å². The number of rotatable bonds is 5. The zero-order chi connectivity index (χ0) is 20.4. The van der Waals surface area contributed by atoms with Crippen molar-refractivity contribution in [1.29, 1.82) is 0 Å². The quantitative estimate of drug-likeness (QED) is 0.306. The van der Waals surface area contributed by atoms with Gasteiger partial charge in [0.2, 0.25) is 0 Å². The molecule has 2 aromatic heterocycles. The first-order chi connectivity index (χ1) is 13.3. The molecule has 0 spiro atoms. The normalized spacial score (nSPS) is 12.7. The van der Waals surface area contributed by atoms with Gasteiger partial charge in [0, 0.05) is 36.8 Å². The fourth-order valence-electron chi connectivity index (χ4n) is 3.47. The number of guanidine groups is 1. The maximum atomic E-state index is 13.5. The van der Waals surface area contributed by atoms with Gasteiger partial charge in [-0.2, -0.15) is 5.10 Å². The Morgan fingerprint density at radius 1 is 1.31 bits per heavy atom. The lowest BCUT2D eigenvalue weighted by Crippen LogP contribution is -2.42. The second-order valence-corrected chi connectivity index (χ2v) is 7.24. The van der Waals surface area contributed by atoms with Gasteiger partial charge in [-0.15, -0.1) is 24.0 Å². The van der Waals surface area contributed by atoms with E-state index < -0.39 is 0 Å². The van der Waals surface area contributed by atoms with Crippen molar-refractivity contribution in [3.8, 4) is 0 Å². The molecule has 1 atom stereocenters. The van der Waals surface area contributed by atoms with Crippen LogP contribution in [0.5, 0.6) is 0 Å². The number of halogens is 2. The van der Waals surface area contributed by atoms with Crippen LogP contribution in [0.25, 0.3) is 11.0 Å². The highest BCUT2D eigenvalue weighted by Crippen LogP contribution is 2.25. The lowest BCUT2D eigenvalue weighted by atomic mass is 10.1. The molecule has 0 saturated carbocycles. The van der Waals surface area contributed by atoms with Gasteiger partial charge in [-0.3, -0.25) is 9.67 Å². The van der Waals surface area contributed by atoms with Crippen LogP contribution in [0.15, 0.2) is 27.6 Å². The number of hydrogen-bond acceptors (Lipinski definition) is 3. The van der Waals surface area contributed by atoms with E-state index in [2.05, 4.69) is 34.6 Å². The third kappa shape index (κ3) is 5.09. The number of aryl methyl sites for hydroxylation is 3. The number of furan rings is 1. The molecule has 0 saturated heterocycles. The number of hydrogen-bond donors (Lipinski definition) is 2. The lowest BCUT2D eigenvalue weighted by molar-refractivity contribution is 0.531. The summed E-state index contributed by atoms with van der Waals surface area (Å²) in [5.41, 5.74) is 5.12. The Hall–Kier alpha value is -2.10. The standard InChI is InChI=1S/C21H28FN5O.HI/c1-12(9-18-14(3)26-27(6)15(18)4)25-21(23-5)24-11-20-13(2)17-10-16(22)7-8-19(17)28-20;/h7-8,10,12H,9,11H2,1-6H3,(H2,23,24,25);1H. The van der Waals surface area contributed by atoms with Crippen molar-refractivity contribution in [3.05, 3.63) is 52.3 Å². The third-order valence-electron chi connectivity index (χ3n) is 5.19. The average molecular weight is 513 g/mol. The molecule has 6 nitrogen and oxygen atoms in total. The van der Waals surface area contributed by atoms with Crippen LogP contribution in [-0.4, -0.2) is 28.8 Å². The van der Waals surface area contributed by atoms with E-state index in [1.54, 1.807) is 13.1 Å². The van der Waals surface area contributed by atoms with E-state index in [0.29, 0.717) is 18.1 Å². The van der Waals surface area contributed by atoms with Crippen molar-refractivity contribution in [2.24, 2.45) is 12.0 Å². The molecule has 3 rings (SSSR count). The van der Waals surface area contributed by atoms with Gasteiger partial charge >= 0.3 is 0 Å². The van der Waals surface area contributed by atoms with Gasteiger partial charge in [0.1, 0.15) is 17.2 Å². The zero-order valence-electron chi connectivity index (χ0n) is 17.8. The smallest absolute Gasteiger partial charge is 0.191 e. The van der Waals surface area contributed by atoms with E-state index in [4.69, 9.17) is 4.42 Å². The number of aliphatic imine (C=N–C) groups is 1. The molecule has 0 aliphatic rings. The Kier molecular flexibility index (Phi) is 7.67. The lowest BCUT2D eigenvalue weighted by Gasteiger charge is -2.18. The number of nitrogens with zero attached hydrogens (tertiary/aromatic N) is 3. The molecule has 2 N–H and O–H groups in total. The molecule has 3 aromatic rings. The third-order valence-corrected chi connectivity index (χ3v) is 5.19. The highest BCUT2D eigenvalue weighted by atomic mass is 127. The summed E-state index contributed by atoms with van der Waals surface area (Å²) in [6, 6.07) is 4.76. The Morgan fingerprint density at radius 3 is 2.66 bits per heavy atom. The van der Waals surface area contributed by atoms with E-state index in [-0.39, 0.29) is 35.8 Å². The summed E-state index contributed by atoms with van der Waals surface area (Å²) < 4.78 is 21.3. The number of aromatic nitrogens is 2. The van der Waals surface area contributed by atoms with Crippen LogP contribution >= 0.6 is 24.0 Å². The van der Waals surface area contributed by atoms with E-state index in [1.807, 2.05) is 25.6 Å². The topological polar surface area (TPSA) is 67.4 Å². The highest BCUT2D eigenvalue weighted by molar-refractivity contribution is 14.0. The minimum absolute atomic E-state index is 0.